The lowest BCUT2D eigenvalue weighted by atomic mass is 9.74. The largest absolute Gasteiger partial charge is 0.493 e. The van der Waals surface area contributed by atoms with E-state index < -0.39 is 0 Å². The van der Waals surface area contributed by atoms with Crippen LogP contribution in [0.15, 0.2) is 6.07 Å². The molecule has 2 aliphatic heterocycles. The molecule has 1 atom stereocenters. The summed E-state index contributed by atoms with van der Waals surface area (Å²) in [6, 6.07) is 2.12. The standard InChI is InChI=1S/C15H20ClNO/c1-10-8-12-13(11(2)14(10)16)15(4-3-7-18-12)5-6-17-9-15/h8,17H,3-7,9H2,1-2H3. The predicted molar refractivity (Wildman–Crippen MR) is 74.8 cm³/mol. The third kappa shape index (κ3) is 1.74. The molecule has 1 fully saturated rings. The Balaban J connectivity index is 2.22. The lowest BCUT2D eigenvalue weighted by Crippen LogP contribution is -2.29. The zero-order chi connectivity index (χ0) is 12.8. The molecule has 2 heterocycles. The smallest absolute Gasteiger partial charge is 0.123 e. The number of hydrogen-bond donors (Lipinski definition) is 1. The van der Waals surface area contributed by atoms with Gasteiger partial charge in [-0.05, 0) is 56.8 Å². The van der Waals surface area contributed by atoms with Crippen molar-refractivity contribution in [2.45, 2.75) is 38.5 Å². The van der Waals surface area contributed by atoms with Crippen molar-refractivity contribution in [3.05, 3.63) is 27.8 Å². The van der Waals surface area contributed by atoms with Gasteiger partial charge in [0.1, 0.15) is 5.75 Å². The minimum Gasteiger partial charge on any atom is -0.493 e. The number of fused-ring (bicyclic) bond motifs is 2. The van der Waals surface area contributed by atoms with E-state index in [1.54, 1.807) is 0 Å². The van der Waals surface area contributed by atoms with Crippen molar-refractivity contribution in [3.8, 4) is 5.75 Å². The van der Waals surface area contributed by atoms with Crippen LogP contribution in [-0.4, -0.2) is 19.7 Å². The quantitative estimate of drug-likeness (QED) is 0.777. The highest BCUT2D eigenvalue weighted by Gasteiger charge is 2.40. The fourth-order valence-corrected chi connectivity index (χ4v) is 3.73. The predicted octanol–water partition coefficient (Wildman–Crippen LogP) is 3.36. The van der Waals surface area contributed by atoms with E-state index in [0.29, 0.717) is 0 Å². The molecule has 0 amide bonds. The molecule has 2 nitrogen and oxygen atoms in total. The highest BCUT2D eigenvalue weighted by Crippen LogP contribution is 2.46. The van der Waals surface area contributed by atoms with Gasteiger partial charge in [0.15, 0.2) is 0 Å². The van der Waals surface area contributed by atoms with Gasteiger partial charge in [-0.2, -0.15) is 0 Å². The summed E-state index contributed by atoms with van der Waals surface area (Å²) >= 11 is 6.45. The zero-order valence-electron chi connectivity index (χ0n) is 11.1. The van der Waals surface area contributed by atoms with Crippen LogP contribution in [0, 0.1) is 13.8 Å². The van der Waals surface area contributed by atoms with Crippen molar-refractivity contribution in [2.24, 2.45) is 0 Å². The molecule has 1 spiro atoms. The van der Waals surface area contributed by atoms with Crippen LogP contribution in [0.3, 0.4) is 0 Å². The average molecular weight is 266 g/mol. The molecule has 0 aliphatic carbocycles. The number of aryl methyl sites for hydroxylation is 1. The van der Waals surface area contributed by atoms with Crippen molar-refractivity contribution in [1.82, 2.24) is 5.32 Å². The Kier molecular flexibility index (Phi) is 3.03. The normalized spacial score (nSPS) is 26.8. The Morgan fingerprint density at radius 3 is 2.89 bits per heavy atom. The monoisotopic (exact) mass is 265 g/mol. The first-order chi connectivity index (χ1) is 8.64. The van der Waals surface area contributed by atoms with Crippen molar-refractivity contribution in [3.63, 3.8) is 0 Å². The van der Waals surface area contributed by atoms with E-state index in [2.05, 4.69) is 25.2 Å². The average Bonchev–Trinajstić information content (AvgIpc) is 2.73. The number of nitrogens with one attached hydrogen (secondary N) is 1. The molecular weight excluding hydrogens is 246 g/mol. The molecule has 1 aromatic rings. The summed E-state index contributed by atoms with van der Waals surface area (Å²) in [5, 5.41) is 4.42. The summed E-state index contributed by atoms with van der Waals surface area (Å²) in [7, 11) is 0. The Morgan fingerprint density at radius 1 is 1.33 bits per heavy atom. The van der Waals surface area contributed by atoms with E-state index in [1.165, 1.54) is 24.0 Å². The molecule has 2 aliphatic rings. The summed E-state index contributed by atoms with van der Waals surface area (Å²) in [4.78, 5) is 0. The molecule has 1 N–H and O–H groups in total. The topological polar surface area (TPSA) is 21.3 Å². The fraction of sp³-hybridized carbons (Fsp3) is 0.600. The summed E-state index contributed by atoms with van der Waals surface area (Å²) < 4.78 is 5.97. The van der Waals surface area contributed by atoms with Gasteiger partial charge in [0, 0.05) is 22.5 Å². The molecule has 3 rings (SSSR count). The summed E-state index contributed by atoms with van der Waals surface area (Å²) in [6.45, 7) is 7.19. The Labute approximate surface area is 114 Å². The van der Waals surface area contributed by atoms with Gasteiger partial charge in [0.05, 0.1) is 6.61 Å². The van der Waals surface area contributed by atoms with Crippen LogP contribution >= 0.6 is 11.6 Å². The Bertz CT molecular complexity index is 478. The highest BCUT2D eigenvalue weighted by atomic mass is 35.5. The summed E-state index contributed by atoms with van der Waals surface area (Å²) in [5.41, 5.74) is 3.95. The van der Waals surface area contributed by atoms with E-state index in [4.69, 9.17) is 16.3 Å². The van der Waals surface area contributed by atoms with Crippen molar-refractivity contribution < 1.29 is 4.74 Å². The van der Waals surface area contributed by atoms with Crippen molar-refractivity contribution >= 4 is 11.6 Å². The maximum Gasteiger partial charge on any atom is 0.123 e. The molecule has 0 bridgehead atoms. The maximum absolute atomic E-state index is 6.45. The molecule has 1 aromatic carbocycles. The second-order valence-electron chi connectivity index (χ2n) is 5.66. The van der Waals surface area contributed by atoms with Crippen LogP contribution in [0.5, 0.6) is 5.75 Å². The van der Waals surface area contributed by atoms with E-state index in [-0.39, 0.29) is 5.41 Å². The SMILES string of the molecule is Cc1cc2c(c(C)c1Cl)C1(CCCO2)CCNC1. The molecule has 0 aromatic heterocycles. The highest BCUT2D eigenvalue weighted by molar-refractivity contribution is 6.32. The molecular formula is C15H20ClNO. The van der Waals surface area contributed by atoms with Gasteiger partial charge >= 0.3 is 0 Å². The number of rotatable bonds is 0. The van der Waals surface area contributed by atoms with Crippen LogP contribution in [0.4, 0.5) is 0 Å². The van der Waals surface area contributed by atoms with Gasteiger partial charge in [-0.15, -0.1) is 0 Å². The molecule has 0 saturated carbocycles. The van der Waals surface area contributed by atoms with Crippen LogP contribution in [0.1, 0.15) is 36.0 Å². The van der Waals surface area contributed by atoms with Crippen LogP contribution in [0.25, 0.3) is 0 Å². The van der Waals surface area contributed by atoms with Crippen molar-refractivity contribution in [1.29, 1.82) is 0 Å². The van der Waals surface area contributed by atoms with Gasteiger partial charge in [-0.1, -0.05) is 11.6 Å². The molecule has 1 unspecified atom stereocenters. The number of halogens is 1. The molecule has 3 heteroatoms. The Morgan fingerprint density at radius 2 is 2.17 bits per heavy atom. The second-order valence-corrected chi connectivity index (χ2v) is 6.04. The maximum atomic E-state index is 6.45. The van der Waals surface area contributed by atoms with Gasteiger partial charge in [-0.3, -0.25) is 0 Å². The molecule has 0 radical (unpaired) electrons. The molecule has 18 heavy (non-hydrogen) atoms. The van der Waals surface area contributed by atoms with E-state index >= 15 is 0 Å². The minimum atomic E-state index is 0.243. The number of hydrogen-bond acceptors (Lipinski definition) is 2. The van der Waals surface area contributed by atoms with Crippen LogP contribution in [-0.2, 0) is 5.41 Å². The molecule has 98 valence electrons. The van der Waals surface area contributed by atoms with E-state index in [1.807, 2.05) is 0 Å². The van der Waals surface area contributed by atoms with Gasteiger partial charge in [0.25, 0.3) is 0 Å². The minimum absolute atomic E-state index is 0.243. The van der Waals surface area contributed by atoms with Gasteiger partial charge < -0.3 is 10.1 Å². The Hall–Kier alpha value is -0.730. The van der Waals surface area contributed by atoms with E-state index in [0.717, 1.165) is 42.5 Å². The molecule has 1 saturated heterocycles. The van der Waals surface area contributed by atoms with Crippen molar-refractivity contribution in [2.75, 3.05) is 19.7 Å². The lowest BCUT2D eigenvalue weighted by Gasteiger charge is -2.30. The summed E-state index contributed by atoms with van der Waals surface area (Å²) in [6.07, 6.45) is 3.53. The summed E-state index contributed by atoms with van der Waals surface area (Å²) in [5.74, 6) is 1.07. The number of ether oxygens (including phenoxy) is 1. The van der Waals surface area contributed by atoms with Gasteiger partial charge in [0.2, 0.25) is 0 Å². The zero-order valence-corrected chi connectivity index (χ0v) is 11.9. The lowest BCUT2D eigenvalue weighted by molar-refractivity contribution is 0.312. The third-order valence-corrected chi connectivity index (χ3v) is 5.06. The number of benzene rings is 1. The van der Waals surface area contributed by atoms with Crippen LogP contribution in [0.2, 0.25) is 5.02 Å². The van der Waals surface area contributed by atoms with Gasteiger partial charge in [-0.25, -0.2) is 0 Å². The first kappa shape index (κ1) is 12.3. The fourth-order valence-electron chi connectivity index (χ4n) is 3.58. The second kappa shape index (κ2) is 4.43. The van der Waals surface area contributed by atoms with Crippen LogP contribution < -0.4 is 10.1 Å². The first-order valence-electron chi connectivity index (χ1n) is 6.78. The van der Waals surface area contributed by atoms with E-state index in [9.17, 15) is 0 Å². The third-order valence-electron chi connectivity index (χ3n) is 4.48. The first-order valence-corrected chi connectivity index (χ1v) is 7.15.